The number of urea groups is 1. The molecule has 1 spiro atoms. The van der Waals surface area contributed by atoms with E-state index in [1.165, 1.54) is 4.90 Å². The molecule has 2 aliphatic rings. The van der Waals surface area contributed by atoms with Crippen LogP contribution in [-0.4, -0.2) is 53.2 Å². The molecule has 10 heteroatoms. The van der Waals surface area contributed by atoms with E-state index in [1.807, 2.05) is 56.3 Å². The number of aliphatic imine (C=N–C) groups is 1. The van der Waals surface area contributed by atoms with Gasteiger partial charge in [0.15, 0.2) is 0 Å². The molecule has 0 aliphatic carbocycles. The van der Waals surface area contributed by atoms with Gasteiger partial charge in [0, 0.05) is 29.9 Å². The molecule has 1 saturated heterocycles. The molecule has 202 valence electrons. The van der Waals surface area contributed by atoms with Crippen molar-refractivity contribution in [3.63, 3.8) is 0 Å². The molecule has 3 aromatic rings. The van der Waals surface area contributed by atoms with Crippen molar-refractivity contribution < 1.29 is 19.1 Å². The van der Waals surface area contributed by atoms with E-state index in [-0.39, 0.29) is 18.0 Å². The summed E-state index contributed by atoms with van der Waals surface area (Å²) in [5.41, 5.74) is 3.55. The average Bonchev–Trinajstić information content (AvgIpc) is 3.15. The van der Waals surface area contributed by atoms with E-state index in [0.717, 1.165) is 34.6 Å². The number of nitrogens with zero attached hydrogens (tertiary/aromatic N) is 5. The van der Waals surface area contributed by atoms with Gasteiger partial charge >= 0.3 is 18.0 Å². The largest absolute Gasteiger partial charge is 0.425 e. The molecule has 1 fully saturated rings. The van der Waals surface area contributed by atoms with Crippen molar-refractivity contribution in [3.8, 4) is 0 Å². The molecule has 2 aliphatic heterocycles. The van der Waals surface area contributed by atoms with Crippen LogP contribution in [0.5, 0.6) is 0 Å². The van der Waals surface area contributed by atoms with Crippen molar-refractivity contribution in [2.45, 2.75) is 47.3 Å². The number of carbonyl (C=O) groups excluding carboxylic acids is 3. The highest BCUT2D eigenvalue weighted by Crippen LogP contribution is 2.44. The molecule has 0 bridgehead atoms. The lowest BCUT2D eigenvalue weighted by molar-refractivity contribution is -0.151. The monoisotopic (exact) mass is 528 g/mol. The van der Waals surface area contributed by atoms with Crippen molar-refractivity contribution in [2.75, 3.05) is 29.4 Å². The summed E-state index contributed by atoms with van der Waals surface area (Å²) in [4.78, 5) is 48.5. The zero-order valence-electron chi connectivity index (χ0n) is 23.0. The zero-order chi connectivity index (χ0) is 28.1. The van der Waals surface area contributed by atoms with Gasteiger partial charge in [0.1, 0.15) is 18.0 Å². The predicted molar refractivity (Wildman–Crippen MR) is 149 cm³/mol. The fourth-order valence-electron chi connectivity index (χ4n) is 5.32. The minimum absolute atomic E-state index is 0.139. The number of hydrogen-bond donors (Lipinski definition) is 1. The number of anilines is 2. The van der Waals surface area contributed by atoms with Crippen LogP contribution in [0.15, 0.2) is 47.5 Å². The number of hydrogen-bond acceptors (Lipinski definition) is 6. The number of esters is 1. The van der Waals surface area contributed by atoms with Crippen molar-refractivity contribution >= 4 is 35.1 Å². The van der Waals surface area contributed by atoms with Crippen molar-refractivity contribution in [1.82, 2.24) is 15.1 Å². The zero-order valence-corrected chi connectivity index (χ0v) is 23.0. The van der Waals surface area contributed by atoms with E-state index >= 15 is 0 Å². The quantitative estimate of drug-likeness (QED) is 0.493. The second-order valence-electron chi connectivity index (χ2n) is 9.84. The van der Waals surface area contributed by atoms with Crippen LogP contribution in [0.25, 0.3) is 0 Å². The van der Waals surface area contributed by atoms with Crippen LogP contribution in [-0.2, 0) is 15.3 Å². The molecule has 1 atom stereocenters. The Labute approximate surface area is 227 Å². The van der Waals surface area contributed by atoms with Gasteiger partial charge in [-0.1, -0.05) is 29.8 Å². The fraction of sp³-hybridized carbons (Fsp3) is 0.345. The molecule has 10 nitrogen and oxygen atoms in total. The summed E-state index contributed by atoms with van der Waals surface area (Å²) in [7, 11) is 0. The van der Waals surface area contributed by atoms with Crippen molar-refractivity contribution in [2.24, 2.45) is 4.99 Å². The summed E-state index contributed by atoms with van der Waals surface area (Å²) in [6.07, 6.45) is 0. The lowest BCUT2D eigenvalue weighted by Crippen LogP contribution is -2.61. The first-order valence-electron chi connectivity index (χ1n) is 13.0. The van der Waals surface area contributed by atoms with Gasteiger partial charge in [-0.3, -0.25) is 4.79 Å². The molecule has 0 saturated carbocycles. The van der Waals surface area contributed by atoms with Crippen molar-refractivity contribution in [3.05, 3.63) is 76.1 Å². The van der Waals surface area contributed by atoms with E-state index in [9.17, 15) is 14.4 Å². The third-order valence-corrected chi connectivity index (χ3v) is 7.43. The Morgan fingerprint density at radius 2 is 1.69 bits per heavy atom. The lowest BCUT2D eigenvalue weighted by atomic mass is 9.89. The molecule has 39 heavy (non-hydrogen) atoms. The number of rotatable bonds is 5. The number of amides is 3. The van der Waals surface area contributed by atoms with E-state index in [2.05, 4.69) is 34.2 Å². The van der Waals surface area contributed by atoms with Crippen LogP contribution in [0, 0.1) is 27.7 Å². The molecule has 3 heterocycles. The van der Waals surface area contributed by atoms with E-state index in [0.29, 0.717) is 22.5 Å². The van der Waals surface area contributed by atoms with E-state index in [4.69, 9.17) is 4.74 Å². The smallest absolute Gasteiger partial charge is 0.369 e. The Morgan fingerprint density at radius 3 is 2.33 bits per heavy atom. The van der Waals surface area contributed by atoms with Crippen LogP contribution in [0.2, 0.25) is 0 Å². The Hall–Kier alpha value is -4.47. The number of carbonyl (C=O) groups is 3. The number of aromatic nitrogens is 2. The molecular weight excluding hydrogens is 496 g/mol. The summed E-state index contributed by atoms with van der Waals surface area (Å²) < 4.78 is 7.41. The number of fused-ring (bicyclic) bond motifs is 2. The average molecular weight is 529 g/mol. The van der Waals surface area contributed by atoms with Gasteiger partial charge in [-0.2, -0.15) is 14.8 Å². The molecule has 5 rings (SSSR count). The topological polar surface area (TPSA) is 109 Å². The second kappa shape index (κ2) is 9.68. The summed E-state index contributed by atoms with van der Waals surface area (Å²) in [6.45, 7) is 12.9. The Bertz CT molecular complexity index is 1520. The molecule has 1 aromatic heterocycles. The maximum atomic E-state index is 14.0. The van der Waals surface area contributed by atoms with Crippen LogP contribution in [0.4, 0.5) is 21.0 Å². The SMILES string of the molecule is CCN(CC)c1ccc(N2C(=O)NCC(=O)OC23C(c2ccc(C)cc2)=NC(=O)n2nc(C)c(C)c23)c(C)c1. The number of ether oxygens (including phenoxy) is 1. The first kappa shape index (κ1) is 26.1. The molecular formula is C29H32N6O4. The Balaban J connectivity index is 1.86. The highest BCUT2D eigenvalue weighted by atomic mass is 16.6. The van der Waals surface area contributed by atoms with E-state index in [1.54, 1.807) is 13.8 Å². The van der Waals surface area contributed by atoms with Crippen LogP contribution >= 0.6 is 0 Å². The highest BCUT2D eigenvalue weighted by Gasteiger charge is 2.58. The standard InChI is InChI=1S/C29H32N6O4/c1-7-33(8-2)22-13-14-23(18(4)15-22)34-27(37)30-16-24(36)39-29(34)25(21-11-9-17(3)10-12-21)31-28(38)35-26(29)19(5)20(6)32-35/h9-15H,7-8,16H2,1-6H3,(H,30,37). The maximum Gasteiger partial charge on any atom is 0.369 e. The maximum absolute atomic E-state index is 14.0. The Kier molecular flexibility index (Phi) is 6.49. The first-order valence-corrected chi connectivity index (χ1v) is 13.0. The van der Waals surface area contributed by atoms with Crippen LogP contribution in [0.3, 0.4) is 0 Å². The lowest BCUT2D eigenvalue weighted by Gasteiger charge is -2.43. The number of aryl methyl sites for hydroxylation is 3. The summed E-state index contributed by atoms with van der Waals surface area (Å²) in [6, 6.07) is 12.0. The van der Waals surface area contributed by atoms with Gasteiger partial charge < -0.3 is 15.0 Å². The minimum Gasteiger partial charge on any atom is -0.425 e. The highest BCUT2D eigenvalue weighted by molar-refractivity contribution is 6.19. The van der Waals surface area contributed by atoms with Gasteiger partial charge in [-0.25, -0.2) is 14.5 Å². The normalized spacial score (nSPS) is 18.9. The third kappa shape index (κ3) is 4.07. The molecule has 1 unspecified atom stereocenters. The number of benzene rings is 2. The number of nitrogens with one attached hydrogen (secondary N) is 1. The molecule has 3 amide bonds. The summed E-state index contributed by atoms with van der Waals surface area (Å²) in [5, 5.41) is 7.10. The molecule has 1 N–H and O–H groups in total. The summed E-state index contributed by atoms with van der Waals surface area (Å²) in [5.74, 6) is -0.665. The van der Waals surface area contributed by atoms with Crippen LogP contribution in [0.1, 0.15) is 47.5 Å². The fourth-order valence-corrected chi connectivity index (χ4v) is 5.32. The first-order chi connectivity index (χ1) is 18.6. The Morgan fingerprint density at radius 1 is 1.00 bits per heavy atom. The predicted octanol–water partition coefficient (Wildman–Crippen LogP) is 4.36. The van der Waals surface area contributed by atoms with Gasteiger partial charge in [-0.15, -0.1) is 0 Å². The van der Waals surface area contributed by atoms with Gasteiger partial charge in [0.05, 0.1) is 11.4 Å². The van der Waals surface area contributed by atoms with Gasteiger partial charge in [0.2, 0.25) is 0 Å². The molecule has 0 radical (unpaired) electrons. The second-order valence-corrected chi connectivity index (χ2v) is 9.84. The van der Waals surface area contributed by atoms with Gasteiger partial charge in [0.25, 0.3) is 5.72 Å². The van der Waals surface area contributed by atoms with Gasteiger partial charge in [-0.05, 0) is 65.3 Å². The summed E-state index contributed by atoms with van der Waals surface area (Å²) >= 11 is 0. The minimum atomic E-state index is -1.90. The van der Waals surface area contributed by atoms with Crippen molar-refractivity contribution in [1.29, 1.82) is 0 Å². The molecule has 2 aromatic carbocycles. The third-order valence-electron chi connectivity index (χ3n) is 7.43. The van der Waals surface area contributed by atoms with E-state index < -0.39 is 23.8 Å². The van der Waals surface area contributed by atoms with Crippen LogP contribution < -0.4 is 15.1 Å².